The zero-order valence-corrected chi connectivity index (χ0v) is 16.1. The van der Waals surface area contributed by atoms with Gasteiger partial charge in [-0.05, 0) is 42.0 Å². The molecule has 0 aliphatic heterocycles. The Kier molecular flexibility index (Phi) is 5.93. The van der Waals surface area contributed by atoms with E-state index in [0.717, 1.165) is 29.2 Å². The normalized spacial score (nSPS) is 11.9. The Hall–Kier alpha value is -3.50. The number of nitrogens with one attached hydrogen (secondary N) is 1. The molecule has 0 aliphatic carbocycles. The average molecular weight is 381 g/mol. The molecule has 1 unspecified atom stereocenters. The van der Waals surface area contributed by atoms with Crippen molar-refractivity contribution in [3.05, 3.63) is 114 Å². The Morgan fingerprint density at radius 3 is 2.38 bits per heavy atom. The summed E-state index contributed by atoms with van der Waals surface area (Å²) in [4.78, 5) is 9.27. The second-order valence-corrected chi connectivity index (χ2v) is 6.88. The van der Waals surface area contributed by atoms with E-state index in [9.17, 15) is 5.11 Å². The van der Waals surface area contributed by atoms with E-state index in [2.05, 4.69) is 22.4 Å². The van der Waals surface area contributed by atoms with Crippen LogP contribution in [0, 0.1) is 0 Å². The third-order valence-corrected chi connectivity index (χ3v) is 4.89. The first-order valence-corrected chi connectivity index (χ1v) is 9.72. The molecule has 4 aromatic rings. The molecule has 0 saturated heterocycles. The number of para-hydroxylation sites is 1. The maximum absolute atomic E-state index is 10.2. The van der Waals surface area contributed by atoms with Crippen molar-refractivity contribution in [3.8, 4) is 17.0 Å². The SMILES string of the molecule is Oc1ccccc1-c1cccc(C(CNCc2ccccn2)c2ccccc2)n1. The lowest BCUT2D eigenvalue weighted by molar-refractivity contribution is 0.477. The number of phenolic OH excluding ortho intramolecular Hbond substituents is 1. The number of phenols is 1. The lowest BCUT2D eigenvalue weighted by Crippen LogP contribution is -2.23. The van der Waals surface area contributed by atoms with Crippen molar-refractivity contribution in [2.75, 3.05) is 6.54 Å². The fraction of sp³-hybridized carbons (Fsp3) is 0.120. The number of aromatic nitrogens is 2. The van der Waals surface area contributed by atoms with Crippen LogP contribution in [0.1, 0.15) is 22.9 Å². The highest BCUT2D eigenvalue weighted by Crippen LogP contribution is 2.29. The molecule has 0 saturated carbocycles. The molecule has 0 spiro atoms. The van der Waals surface area contributed by atoms with E-state index in [0.29, 0.717) is 6.54 Å². The Bertz CT molecular complexity index is 1050. The summed E-state index contributed by atoms with van der Waals surface area (Å²) in [6, 6.07) is 29.6. The number of aromatic hydroxyl groups is 1. The van der Waals surface area contributed by atoms with E-state index >= 15 is 0 Å². The smallest absolute Gasteiger partial charge is 0.124 e. The molecular weight excluding hydrogens is 358 g/mol. The van der Waals surface area contributed by atoms with Crippen LogP contribution in [0.4, 0.5) is 0 Å². The third kappa shape index (κ3) is 4.68. The fourth-order valence-corrected chi connectivity index (χ4v) is 3.41. The Morgan fingerprint density at radius 1 is 0.793 bits per heavy atom. The van der Waals surface area contributed by atoms with Crippen molar-refractivity contribution in [2.24, 2.45) is 0 Å². The van der Waals surface area contributed by atoms with Crippen LogP contribution < -0.4 is 5.32 Å². The number of nitrogens with zero attached hydrogens (tertiary/aromatic N) is 2. The topological polar surface area (TPSA) is 58.0 Å². The maximum Gasteiger partial charge on any atom is 0.124 e. The van der Waals surface area contributed by atoms with Crippen LogP contribution in [0.3, 0.4) is 0 Å². The number of hydrogen-bond acceptors (Lipinski definition) is 4. The van der Waals surface area contributed by atoms with Gasteiger partial charge < -0.3 is 10.4 Å². The van der Waals surface area contributed by atoms with Crippen molar-refractivity contribution in [1.82, 2.24) is 15.3 Å². The van der Waals surface area contributed by atoms with E-state index in [-0.39, 0.29) is 11.7 Å². The summed E-state index contributed by atoms with van der Waals surface area (Å²) in [5.41, 5.74) is 4.68. The second-order valence-electron chi connectivity index (χ2n) is 6.88. The highest BCUT2D eigenvalue weighted by molar-refractivity contribution is 5.66. The monoisotopic (exact) mass is 381 g/mol. The number of rotatable bonds is 7. The molecule has 29 heavy (non-hydrogen) atoms. The minimum Gasteiger partial charge on any atom is -0.507 e. The van der Waals surface area contributed by atoms with Crippen LogP contribution >= 0.6 is 0 Å². The molecule has 2 heterocycles. The van der Waals surface area contributed by atoms with Gasteiger partial charge in [0.1, 0.15) is 5.75 Å². The standard InChI is InChI=1S/C25H23N3O/c29-25-15-5-4-12-21(25)23-13-8-14-24(28-23)22(19-9-2-1-3-10-19)18-26-17-20-11-6-7-16-27-20/h1-16,22,26,29H,17-18H2. The number of hydrogen-bond donors (Lipinski definition) is 2. The summed E-state index contributed by atoms with van der Waals surface area (Å²) in [5, 5.41) is 13.7. The molecule has 0 radical (unpaired) electrons. The molecule has 0 fully saturated rings. The molecule has 4 heteroatoms. The van der Waals surface area contributed by atoms with Gasteiger partial charge in [0.15, 0.2) is 0 Å². The second kappa shape index (κ2) is 9.13. The van der Waals surface area contributed by atoms with Crippen molar-refractivity contribution < 1.29 is 5.11 Å². The Morgan fingerprint density at radius 2 is 1.59 bits per heavy atom. The largest absolute Gasteiger partial charge is 0.507 e. The van der Waals surface area contributed by atoms with Crippen LogP contribution in [0.15, 0.2) is 97.2 Å². The minimum absolute atomic E-state index is 0.0886. The maximum atomic E-state index is 10.2. The molecular formula is C25H23N3O. The average Bonchev–Trinajstić information content (AvgIpc) is 2.78. The lowest BCUT2D eigenvalue weighted by Gasteiger charge is -2.19. The summed E-state index contributed by atoms with van der Waals surface area (Å²) in [6.45, 7) is 1.43. The summed E-state index contributed by atoms with van der Waals surface area (Å²) in [6.07, 6.45) is 1.81. The van der Waals surface area contributed by atoms with E-state index in [1.54, 1.807) is 6.07 Å². The zero-order valence-electron chi connectivity index (χ0n) is 16.1. The van der Waals surface area contributed by atoms with Crippen molar-refractivity contribution >= 4 is 0 Å². The van der Waals surface area contributed by atoms with E-state index in [1.165, 1.54) is 5.56 Å². The zero-order chi connectivity index (χ0) is 19.9. The molecule has 2 aromatic heterocycles. The Labute approximate surface area is 170 Å². The quantitative estimate of drug-likeness (QED) is 0.484. The summed E-state index contributed by atoms with van der Waals surface area (Å²) < 4.78 is 0. The van der Waals surface area contributed by atoms with Crippen LogP contribution in [-0.2, 0) is 6.54 Å². The van der Waals surface area contributed by atoms with Crippen molar-refractivity contribution in [1.29, 1.82) is 0 Å². The van der Waals surface area contributed by atoms with Gasteiger partial charge in [0.05, 0.1) is 11.4 Å². The van der Waals surface area contributed by atoms with Crippen LogP contribution in [0.25, 0.3) is 11.3 Å². The van der Waals surface area contributed by atoms with Crippen LogP contribution in [0.2, 0.25) is 0 Å². The molecule has 2 aromatic carbocycles. The Balaban J connectivity index is 1.61. The number of benzene rings is 2. The van der Waals surface area contributed by atoms with Gasteiger partial charge >= 0.3 is 0 Å². The summed E-state index contributed by atoms with van der Waals surface area (Å²) in [5.74, 6) is 0.326. The van der Waals surface area contributed by atoms with Gasteiger partial charge in [-0.15, -0.1) is 0 Å². The van der Waals surface area contributed by atoms with Gasteiger partial charge in [-0.2, -0.15) is 0 Å². The summed E-state index contributed by atoms with van der Waals surface area (Å²) >= 11 is 0. The first-order valence-electron chi connectivity index (χ1n) is 9.72. The molecule has 0 amide bonds. The van der Waals surface area contributed by atoms with E-state index in [4.69, 9.17) is 4.98 Å². The van der Waals surface area contributed by atoms with E-state index < -0.39 is 0 Å². The van der Waals surface area contributed by atoms with Crippen molar-refractivity contribution in [2.45, 2.75) is 12.5 Å². The summed E-state index contributed by atoms with van der Waals surface area (Å²) in [7, 11) is 0. The third-order valence-electron chi connectivity index (χ3n) is 4.89. The highest BCUT2D eigenvalue weighted by atomic mass is 16.3. The molecule has 0 bridgehead atoms. The highest BCUT2D eigenvalue weighted by Gasteiger charge is 2.17. The molecule has 4 rings (SSSR count). The van der Waals surface area contributed by atoms with E-state index in [1.807, 2.05) is 79.0 Å². The lowest BCUT2D eigenvalue weighted by atomic mass is 9.94. The van der Waals surface area contributed by atoms with Gasteiger partial charge in [-0.3, -0.25) is 9.97 Å². The predicted molar refractivity (Wildman–Crippen MR) is 116 cm³/mol. The molecule has 4 nitrogen and oxygen atoms in total. The first-order chi connectivity index (χ1) is 14.3. The van der Waals surface area contributed by atoms with Crippen LogP contribution in [-0.4, -0.2) is 21.6 Å². The minimum atomic E-state index is 0.0886. The van der Waals surface area contributed by atoms with Crippen molar-refractivity contribution in [3.63, 3.8) is 0 Å². The number of pyridine rings is 2. The van der Waals surface area contributed by atoms with Gasteiger partial charge in [0, 0.05) is 36.5 Å². The predicted octanol–water partition coefficient (Wildman–Crippen LogP) is 4.77. The van der Waals surface area contributed by atoms with Gasteiger partial charge in [0.2, 0.25) is 0 Å². The molecule has 0 aliphatic rings. The first kappa shape index (κ1) is 18.8. The van der Waals surface area contributed by atoms with Gasteiger partial charge in [-0.1, -0.05) is 54.6 Å². The van der Waals surface area contributed by atoms with Gasteiger partial charge in [-0.25, -0.2) is 0 Å². The molecule has 2 N–H and O–H groups in total. The fourth-order valence-electron chi connectivity index (χ4n) is 3.41. The molecule has 1 atom stereocenters. The molecule has 144 valence electrons. The van der Waals surface area contributed by atoms with Gasteiger partial charge in [0.25, 0.3) is 0 Å². The van der Waals surface area contributed by atoms with Crippen LogP contribution in [0.5, 0.6) is 5.75 Å².